The quantitative estimate of drug-likeness (QED) is 0.241. The van der Waals surface area contributed by atoms with Crippen molar-refractivity contribution in [1.82, 2.24) is 4.90 Å². The molecule has 2 amide bonds. The van der Waals surface area contributed by atoms with E-state index >= 15 is 0 Å². The minimum absolute atomic E-state index is 0.0758. The second-order valence-electron chi connectivity index (χ2n) is 7.09. The highest BCUT2D eigenvalue weighted by molar-refractivity contribution is 8.26. The molecule has 0 atom stereocenters. The summed E-state index contributed by atoms with van der Waals surface area (Å²) in [6.07, 6.45) is 4.51. The molecular formula is C23H22Cl2N2O3S2. The van der Waals surface area contributed by atoms with Crippen molar-refractivity contribution in [2.75, 3.05) is 19.0 Å². The number of benzene rings is 2. The lowest BCUT2D eigenvalue weighted by molar-refractivity contribution is -0.122. The Balaban J connectivity index is 1.42. The molecule has 1 aliphatic heterocycles. The molecule has 0 bridgehead atoms. The van der Waals surface area contributed by atoms with Crippen LogP contribution in [0.3, 0.4) is 0 Å². The molecule has 5 nitrogen and oxygen atoms in total. The van der Waals surface area contributed by atoms with Crippen molar-refractivity contribution < 1.29 is 14.3 Å². The average molecular weight is 509 g/mol. The second kappa shape index (κ2) is 11.7. The first-order valence-electron chi connectivity index (χ1n) is 10.0. The Morgan fingerprint density at radius 1 is 1.12 bits per heavy atom. The lowest BCUT2D eigenvalue weighted by atomic mass is 10.1. The molecule has 0 saturated carbocycles. The summed E-state index contributed by atoms with van der Waals surface area (Å²) < 4.78 is 5.72. The van der Waals surface area contributed by atoms with Gasteiger partial charge in [0, 0.05) is 18.7 Å². The zero-order chi connectivity index (χ0) is 23.1. The molecule has 0 aromatic heterocycles. The topological polar surface area (TPSA) is 58.6 Å². The highest BCUT2D eigenvalue weighted by Gasteiger charge is 2.31. The molecule has 1 saturated heterocycles. The first-order chi connectivity index (χ1) is 15.4. The van der Waals surface area contributed by atoms with Crippen LogP contribution >= 0.6 is 47.2 Å². The number of nitrogens with zero attached hydrogens (tertiary/aromatic N) is 1. The van der Waals surface area contributed by atoms with E-state index in [1.165, 1.54) is 11.8 Å². The van der Waals surface area contributed by atoms with E-state index in [9.17, 15) is 9.59 Å². The highest BCUT2D eigenvalue weighted by Crippen LogP contribution is 2.33. The predicted octanol–water partition coefficient (Wildman–Crippen LogP) is 6.40. The summed E-state index contributed by atoms with van der Waals surface area (Å²) in [6.45, 7) is 0.541. The Morgan fingerprint density at radius 2 is 1.88 bits per heavy atom. The number of unbranched alkanes of at least 4 members (excludes halogenated alkanes) is 2. The van der Waals surface area contributed by atoms with Gasteiger partial charge in [-0.3, -0.25) is 14.5 Å². The largest absolute Gasteiger partial charge is 0.497 e. The van der Waals surface area contributed by atoms with E-state index in [-0.39, 0.29) is 11.8 Å². The van der Waals surface area contributed by atoms with Crippen molar-refractivity contribution in [3.8, 4) is 5.75 Å². The number of thioether (sulfide) groups is 1. The van der Waals surface area contributed by atoms with Crippen molar-refractivity contribution >= 4 is 75.1 Å². The molecule has 2 aromatic rings. The molecule has 1 aliphatic rings. The molecule has 32 heavy (non-hydrogen) atoms. The van der Waals surface area contributed by atoms with Crippen LogP contribution in [0.4, 0.5) is 5.69 Å². The van der Waals surface area contributed by atoms with Gasteiger partial charge in [-0.05, 0) is 54.8 Å². The van der Waals surface area contributed by atoms with Gasteiger partial charge in [0.1, 0.15) is 10.1 Å². The lowest BCUT2D eigenvalue weighted by Crippen LogP contribution is -2.29. The Labute approximate surface area is 207 Å². The van der Waals surface area contributed by atoms with Crippen LogP contribution in [0.5, 0.6) is 5.75 Å². The molecule has 168 valence electrons. The second-order valence-corrected chi connectivity index (χ2v) is 9.58. The van der Waals surface area contributed by atoms with E-state index in [1.54, 1.807) is 30.2 Å². The molecule has 9 heteroatoms. The summed E-state index contributed by atoms with van der Waals surface area (Å²) in [7, 11) is 1.61. The van der Waals surface area contributed by atoms with Crippen LogP contribution < -0.4 is 10.1 Å². The lowest BCUT2D eigenvalue weighted by Gasteiger charge is -2.14. The number of rotatable bonds is 9. The van der Waals surface area contributed by atoms with Crippen LogP contribution in [0.25, 0.3) is 6.08 Å². The van der Waals surface area contributed by atoms with Gasteiger partial charge in [0.15, 0.2) is 0 Å². The fourth-order valence-corrected chi connectivity index (χ4v) is 4.68. The van der Waals surface area contributed by atoms with E-state index in [0.717, 1.165) is 24.2 Å². The maximum absolute atomic E-state index is 12.7. The molecule has 2 aromatic carbocycles. The van der Waals surface area contributed by atoms with E-state index in [2.05, 4.69) is 5.32 Å². The van der Waals surface area contributed by atoms with Crippen molar-refractivity contribution in [3.63, 3.8) is 0 Å². The maximum Gasteiger partial charge on any atom is 0.266 e. The molecule has 3 rings (SSSR count). The smallest absolute Gasteiger partial charge is 0.266 e. The van der Waals surface area contributed by atoms with E-state index in [1.807, 2.05) is 30.3 Å². The first-order valence-corrected chi connectivity index (χ1v) is 12.0. The summed E-state index contributed by atoms with van der Waals surface area (Å²) in [5.41, 5.74) is 1.53. The van der Waals surface area contributed by atoms with Crippen LogP contribution in [0, 0.1) is 0 Å². The number of methoxy groups -OCH3 is 1. The van der Waals surface area contributed by atoms with Crippen LogP contribution in [0.1, 0.15) is 31.2 Å². The van der Waals surface area contributed by atoms with Gasteiger partial charge >= 0.3 is 0 Å². The fourth-order valence-electron chi connectivity index (χ4n) is 3.07. The standard InChI is InChI=1S/C23H22Cl2N2O3S2/c1-30-17-9-6-15(7-10-17)13-20-22(29)27(23(31)32-20)12-4-2-3-5-21(28)26-16-8-11-18(24)19(25)14-16/h6-11,13-14H,2-5,12H2,1H3,(H,26,28)/b20-13-. The SMILES string of the molecule is COc1ccc(/C=C2\SC(=S)N(CCCCCC(=O)Nc3ccc(Cl)c(Cl)c3)C2=O)cc1. The monoisotopic (exact) mass is 508 g/mol. The summed E-state index contributed by atoms with van der Waals surface area (Å²) in [4.78, 5) is 27.1. The third kappa shape index (κ3) is 6.72. The van der Waals surface area contributed by atoms with Crippen molar-refractivity contribution in [2.24, 2.45) is 0 Å². The molecule has 1 fully saturated rings. The van der Waals surface area contributed by atoms with Gasteiger partial charge in [0.2, 0.25) is 5.91 Å². The highest BCUT2D eigenvalue weighted by atomic mass is 35.5. The summed E-state index contributed by atoms with van der Waals surface area (Å²) in [5.74, 6) is 0.602. The van der Waals surface area contributed by atoms with Gasteiger partial charge in [-0.15, -0.1) is 0 Å². The van der Waals surface area contributed by atoms with Gasteiger partial charge in [0.25, 0.3) is 5.91 Å². The van der Waals surface area contributed by atoms with Crippen LogP contribution in [0.15, 0.2) is 47.4 Å². The van der Waals surface area contributed by atoms with Gasteiger partial charge in [-0.25, -0.2) is 0 Å². The van der Waals surface area contributed by atoms with Crippen LogP contribution in [-0.2, 0) is 9.59 Å². The summed E-state index contributed by atoms with van der Waals surface area (Å²) >= 11 is 18.5. The minimum atomic E-state index is -0.0866. The number of thiocarbonyl (C=S) groups is 1. The van der Waals surface area contributed by atoms with Gasteiger partial charge in [-0.2, -0.15) is 0 Å². The molecule has 0 radical (unpaired) electrons. The Kier molecular flexibility index (Phi) is 8.99. The Bertz CT molecular complexity index is 1040. The zero-order valence-corrected chi connectivity index (χ0v) is 20.5. The third-order valence-electron chi connectivity index (χ3n) is 4.78. The third-order valence-corrected chi connectivity index (χ3v) is 6.89. The van der Waals surface area contributed by atoms with Crippen LogP contribution in [-0.4, -0.2) is 34.7 Å². The number of carbonyl (C=O) groups is 2. The summed E-state index contributed by atoms with van der Waals surface area (Å²) in [6, 6.07) is 12.5. The molecule has 1 N–H and O–H groups in total. The number of anilines is 1. The maximum atomic E-state index is 12.7. The predicted molar refractivity (Wildman–Crippen MR) is 136 cm³/mol. The number of ether oxygens (including phenoxy) is 1. The molecule has 0 aliphatic carbocycles. The number of amides is 2. The number of halogens is 2. The Morgan fingerprint density at radius 3 is 2.56 bits per heavy atom. The van der Waals surface area contributed by atoms with Crippen LogP contribution in [0.2, 0.25) is 10.0 Å². The van der Waals surface area contributed by atoms with Crippen molar-refractivity contribution in [2.45, 2.75) is 25.7 Å². The van der Waals surface area contributed by atoms with Crippen molar-refractivity contribution in [1.29, 1.82) is 0 Å². The van der Waals surface area contributed by atoms with Gasteiger partial charge in [-0.1, -0.05) is 65.7 Å². The van der Waals surface area contributed by atoms with Gasteiger partial charge < -0.3 is 10.1 Å². The Hall–Kier alpha value is -2.06. The number of nitrogens with one attached hydrogen (secondary N) is 1. The molecule has 1 heterocycles. The van der Waals surface area contributed by atoms with E-state index in [4.69, 9.17) is 40.2 Å². The molecule has 0 spiro atoms. The molecular weight excluding hydrogens is 487 g/mol. The fraction of sp³-hybridized carbons (Fsp3) is 0.261. The number of hydrogen-bond acceptors (Lipinski definition) is 5. The summed E-state index contributed by atoms with van der Waals surface area (Å²) in [5, 5.41) is 3.65. The first kappa shape index (κ1) is 24.6. The average Bonchev–Trinajstić information content (AvgIpc) is 3.03. The van der Waals surface area contributed by atoms with Gasteiger partial charge in [0.05, 0.1) is 22.1 Å². The normalized spacial score (nSPS) is 14.8. The zero-order valence-electron chi connectivity index (χ0n) is 17.4. The van der Waals surface area contributed by atoms with Crippen molar-refractivity contribution in [3.05, 3.63) is 63.0 Å². The minimum Gasteiger partial charge on any atom is -0.497 e. The number of carbonyl (C=O) groups excluding carboxylic acids is 2. The molecule has 0 unspecified atom stereocenters. The number of hydrogen-bond donors (Lipinski definition) is 1. The van der Waals surface area contributed by atoms with E-state index in [0.29, 0.717) is 44.3 Å². The van der Waals surface area contributed by atoms with E-state index < -0.39 is 0 Å².